The summed E-state index contributed by atoms with van der Waals surface area (Å²) in [5.41, 5.74) is 0. The Hall–Kier alpha value is 0.855. The van der Waals surface area contributed by atoms with E-state index in [1.54, 1.807) is 0 Å². The summed E-state index contributed by atoms with van der Waals surface area (Å²) in [4.78, 5) is 7.05. The van der Waals surface area contributed by atoms with E-state index in [1.165, 1.54) is 90.4 Å². The largest absolute Gasteiger partial charge is 0.347 e. The normalized spacial score (nSPS) is 21.0. The summed E-state index contributed by atoms with van der Waals surface area (Å²) in [5.74, 6) is 1.36. The second-order valence-electron chi connectivity index (χ2n) is 8.99. The Morgan fingerprint density at radius 3 is 1.44 bits per heavy atom. The highest BCUT2D eigenvalue weighted by Crippen LogP contribution is 2.24. The Kier molecular flexibility index (Phi) is 15.0. The molecule has 0 aliphatic carbocycles. The zero-order valence-corrected chi connectivity index (χ0v) is 21.0. The maximum absolute atomic E-state index is 2.36. The van der Waals surface area contributed by atoms with Crippen LogP contribution in [0.2, 0.25) is 31.6 Å². The van der Waals surface area contributed by atoms with Gasteiger partial charge in [-0.2, -0.15) is 11.6 Å². The average Bonchev–Trinajstić information content (AvgIpc) is 2.71. The molecular formula is C19H45B3N3PS. The van der Waals surface area contributed by atoms with Gasteiger partial charge in [0.2, 0.25) is 13.7 Å². The molecule has 156 valence electrons. The van der Waals surface area contributed by atoms with Crippen molar-refractivity contribution in [3.05, 3.63) is 0 Å². The summed E-state index contributed by atoms with van der Waals surface area (Å²) >= 11 is 2.10. The van der Waals surface area contributed by atoms with Crippen molar-refractivity contribution >= 4 is 40.0 Å². The molecule has 0 spiro atoms. The molecule has 3 saturated heterocycles. The predicted molar refractivity (Wildman–Crippen MR) is 136 cm³/mol. The number of hydrogen-bond acceptors (Lipinski definition) is 4. The van der Waals surface area contributed by atoms with Crippen LogP contribution in [-0.4, -0.2) is 94.6 Å². The van der Waals surface area contributed by atoms with Crippen LogP contribution >= 0.6 is 20.2 Å². The molecule has 0 bridgehead atoms. The highest BCUT2D eigenvalue weighted by atomic mass is 32.2. The highest BCUT2D eigenvalue weighted by molar-refractivity contribution is 8.25. The van der Waals surface area contributed by atoms with Crippen LogP contribution in [0, 0.1) is 0 Å². The average molecular weight is 411 g/mol. The summed E-state index contributed by atoms with van der Waals surface area (Å²) in [5, 5.41) is 0. The second kappa shape index (κ2) is 15.7. The lowest BCUT2D eigenvalue weighted by Gasteiger charge is -2.24. The van der Waals surface area contributed by atoms with E-state index < -0.39 is 0 Å². The van der Waals surface area contributed by atoms with Crippen LogP contribution in [0.4, 0.5) is 0 Å². The van der Waals surface area contributed by atoms with Crippen LogP contribution in [0.1, 0.15) is 32.1 Å². The van der Waals surface area contributed by atoms with Gasteiger partial charge in [-0.15, -0.1) is 8.58 Å². The van der Waals surface area contributed by atoms with Crippen molar-refractivity contribution in [1.82, 2.24) is 14.4 Å². The lowest BCUT2D eigenvalue weighted by atomic mass is 9.50. The maximum atomic E-state index is 2.36. The van der Waals surface area contributed by atoms with E-state index in [0.717, 1.165) is 19.8 Å². The summed E-state index contributed by atoms with van der Waals surface area (Å²) in [7, 11) is 14.4. The third-order valence-electron chi connectivity index (χ3n) is 6.08. The van der Waals surface area contributed by atoms with Gasteiger partial charge in [-0.05, 0) is 73.1 Å². The Morgan fingerprint density at radius 1 is 0.593 bits per heavy atom. The van der Waals surface area contributed by atoms with E-state index in [9.17, 15) is 0 Å². The molecule has 0 aromatic carbocycles. The molecule has 0 N–H and O–H groups in total. The molecule has 0 aromatic heterocycles. The molecule has 3 fully saturated rings. The van der Waals surface area contributed by atoms with Gasteiger partial charge in [0.25, 0.3) is 6.13 Å². The fraction of sp³-hybridized carbons (Fsp3) is 1.00. The van der Waals surface area contributed by atoms with E-state index in [2.05, 4.69) is 68.3 Å². The van der Waals surface area contributed by atoms with E-state index >= 15 is 0 Å². The molecule has 8 heteroatoms. The topological polar surface area (TPSA) is 9.72 Å². The van der Waals surface area contributed by atoms with Gasteiger partial charge in [0.05, 0.1) is 0 Å². The second-order valence-corrected chi connectivity index (χ2v) is 11.8. The van der Waals surface area contributed by atoms with Gasteiger partial charge < -0.3 is 14.4 Å². The SMILES string of the molecule is CN(C)B1CCCCC1.CN(C)B1CCCCS1.CN(C)B1CCPCC1. The lowest BCUT2D eigenvalue weighted by Crippen LogP contribution is -2.34. The van der Waals surface area contributed by atoms with Crippen LogP contribution in [0.3, 0.4) is 0 Å². The minimum atomic E-state index is 0.804. The van der Waals surface area contributed by atoms with Crippen LogP contribution in [-0.2, 0) is 0 Å². The van der Waals surface area contributed by atoms with Gasteiger partial charge in [0.15, 0.2) is 0 Å². The van der Waals surface area contributed by atoms with Crippen LogP contribution in [0.25, 0.3) is 0 Å². The van der Waals surface area contributed by atoms with Crippen molar-refractivity contribution in [2.75, 3.05) is 60.4 Å². The Morgan fingerprint density at radius 2 is 1.11 bits per heavy atom. The Balaban J connectivity index is 0.000000202. The molecule has 27 heavy (non-hydrogen) atoms. The quantitative estimate of drug-likeness (QED) is 0.499. The van der Waals surface area contributed by atoms with Gasteiger partial charge in [-0.25, -0.2) is 0 Å². The molecule has 3 nitrogen and oxygen atoms in total. The molecule has 3 rings (SSSR count). The summed E-state index contributed by atoms with van der Waals surface area (Å²) < 4.78 is 0. The smallest absolute Gasteiger partial charge is 0.291 e. The first kappa shape index (κ1) is 25.9. The van der Waals surface area contributed by atoms with Crippen molar-refractivity contribution in [1.29, 1.82) is 0 Å². The first-order valence-electron chi connectivity index (χ1n) is 11.2. The molecule has 0 amide bonds. The molecule has 3 aliphatic rings. The van der Waals surface area contributed by atoms with Crippen molar-refractivity contribution in [3.8, 4) is 0 Å². The number of nitrogens with zero attached hydrogens (tertiary/aromatic N) is 3. The molecule has 0 radical (unpaired) electrons. The third-order valence-corrected chi connectivity index (χ3v) is 8.93. The van der Waals surface area contributed by atoms with E-state index in [-0.39, 0.29) is 0 Å². The summed E-state index contributed by atoms with van der Waals surface area (Å²) in [6.45, 7) is 1.78. The van der Waals surface area contributed by atoms with Crippen molar-refractivity contribution in [3.63, 3.8) is 0 Å². The van der Waals surface area contributed by atoms with Crippen LogP contribution < -0.4 is 0 Å². The highest BCUT2D eigenvalue weighted by Gasteiger charge is 2.20. The van der Waals surface area contributed by atoms with Crippen LogP contribution in [0.15, 0.2) is 0 Å². The standard InChI is InChI=1S/C7H16BN.C6H15BNP.C6H14BNS/c1-9(2)8-6-4-3-5-7-8;1-8(2)7-3-5-9-6-4-7;1-8(2)7-5-3-4-6-9-7/h3-7H2,1-2H3;9H,3-6H2,1-2H3;3-6H2,1-2H3. The van der Waals surface area contributed by atoms with Crippen molar-refractivity contribution in [2.45, 2.75) is 63.7 Å². The van der Waals surface area contributed by atoms with Gasteiger partial charge in [-0.3, -0.25) is 0 Å². The zero-order valence-electron chi connectivity index (χ0n) is 19.2. The van der Waals surface area contributed by atoms with E-state index in [0.29, 0.717) is 0 Å². The molecule has 0 unspecified atom stereocenters. The summed E-state index contributed by atoms with van der Waals surface area (Å²) in [6, 6.07) is 0. The Bertz CT molecular complexity index is 295. The third kappa shape index (κ3) is 12.2. The number of hydrogen-bond donors (Lipinski definition) is 0. The maximum Gasteiger partial charge on any atom is 0.291 e. The Labute approximate surface area is 178 Å². The van der Waals surface area contributed by atoms with Crippen LogP contribution in [0.5, 0.6) is 0 Å². The number of rotatable bonds is 3. The summed E-state index contributed by atoms with van der Waals surface area (Å²) in [6.07, 6.45) is 18.1. The van der Waals surface area contributed by atoms with Crippen molar-refractivity contribution < 1.29 is 0 Å². The van der Waals surface area contributed by atoms with Gasteiger partial charge in [0.1, 0.15) is 0 Å². The fourth-order valence-corrected chi connectivity index (χ4v) is 6.65. The van der Waals surface area contributed by atoms with Crippen molar-refractivity contribution in [2.24, 2.45) is 0 Å². The first-order valence-corrected chi connectivity index (χ1v) is 13.7. The van der Waals surface area contributed by atoms with Gasteiger partial charge in [-0.1, -0.05) is 51.0 Å². The fourth-order valence-electron chi connectivity index (χ4n) is 4.05. The predicted octanol–water partition coefficient (Wildman–Crippen LogP) is 4.52. The molecular weight excluding hydrogens is 366 g/mol. The minimum absolute atomic E-state index is 0.804. The molecule has 3 heterocycles. The molecule has 0 atom stereocenters. The monoisotopic (exact) mass is 411 g/mol. The first-order chi connectivity index (χ1) is 12.9. The molecule has 0 saturated carbocycles. The lowest BCUT2D eigenvalue weighted by molar-refractivity contribution is 0.590. The van der Waals surface area contributed by atoms with E-state index in [4.69, 9.17) is 0 Å². The van der Waals surface area contributed by atoms with Gasteiger partial charge >= 0.3 is 0 Å². The molecule has 0 aromatic rings. The zero-order chi connectivity index (χ0) is 20.1. The molecule has 3 aliphatic heterocycles. The minimum Gasteiger partial charge on any atom is -0.347 e. The van der Waals surface area contributed by atoms with Gasteiger partial charge in [0, 0.05) is 0 Å². The van der Waals surface area contributed by atoms with E-state index in [1.807, 2.05) is 0 Å².